The first-order chi connectivity index (χ1) is 13.3. The minimum atomic E-state index is -1.58. The van der Waals surface area contributed by atoms with Gasteiger partial charge >= 0.3 is 5.97 Å². The van der Waals surface area contributed by atoms with Crippen molar-refractivity contribution in [3.05, 3.63) is 11.8 Å². The first kappa shape index (κ1) is 21.4. The van der Waals surface area contributed by atoms with E-state index < -0.39 is 61.6 Å². The fourth-order valence-corrected chi connectivity index (χ4v) is 4.19. The largest absolute Gasteiger partial charge is 0.472 e. The predicted octanol–water partition coefficient (Wildman–Crippen LogP) is -1.76. The van der Waals surface area contributed by atoms with Gasteiger partial charge in [0.15, 0.2) is 6.29 Å². The van der Waals surface area contributed by atoms with Crippen LogP contribution in [0.5, 0.6) is 0 Å². The number of aliphatic hydroxyl groups excluding tert-OH is 5. The van der Waals surface area contributed by atoms with E-state index >= 15 is 0 Å². The Bertz CT molecular complexity index is 593. The van der Waals surface area contributed by atoms with Gasteiger partial charge in [-0.05, 0) is 19.3 Å². The second-order valence-corrected chi connectivity index (χ2v) is 7.48. The summed E-state index contributed by atoms with van der Waals surface area (Å²) >= 11 is 0. The summed E-state index contributed by atoms with van der Waals surface area (Å²) in [5.74, 6) is -1.59. The maximum absolute atomic E-state index is 12.2. The summed E-state index contributed by atoms with van der Waals surface area (Å²) in [6.07, 6.45) is -7.23. The monoisotopic (exact) mass is 404 g/mol. The van der Waals surface area contributed by atoms with Gasteiger partial charge in [0.25, 0.3) is 0 Å². The Morgan fingerprint density at radius 2 is 1.89 bits per heavy atom. The van der Waals surface area contributed by atoms with Crippen molar-refractivity contribution in [1.29, 1.82) is 0 Å². The number of carbonyl (C=O) groups excluding carboxylic acids is 1. The molecule has 0 spiro atoms. The Hall–Kier alpha value is -1.27. The van der Waals surface area contributed by atoms with Gasteiger partial charge in [-0.25, -0.2) is 4.79 Å². The van der Waals surface area contributed by atoms with Gasteiger partial charge in [-0.2, -0.15) is 0 Å². The highest BCUT2D eigenvalue weighted by molar-refractivity contribution is 5.89. The van der Waals surface area contributed by atoms with Gasteiger partial charge in [0.2, 0.25) is 6.29 Å². The number of hydrogen-bond acceptors (Lipinski definition) is 10. The van der Waals surface area contributed by atoms with Crippen molar-refractivity contribution in [3.63, 3.8) is 0 Å². The van der Waals surface area contributed by atoms with Crippen LogP contribution in [0, 0.1) is 17.8 Å². The number of ether oxygens (including phenoxy) is 4. The van der Waals surface area contributed by atoms with Crippen LogP contribution in [-0.2, 0) is 23.7 Å². The fraction of sp³-hybridized carbons (Fsp3) is 0.833. The van der Waals surface area contributed by atoms with Crippen molar-refractivity contribution < 1.29 is 49.3 Å². The number of aliphatic hydroxyl groups is 5. The number of esters is 1. The Kier molecular flexibility index (Phi) is 6.60. The van der Waals surface area contributed by atoms with E-state index in [1.165, 1.54) is 6.26 Å². The van der Waals surface area contributed by atoms with Gasteiger partial charge < -0.3 is 44.5 Å². The van der Waals surface area contributed by atoms with Crippen LogP contribution in [0.15, 0.2) is 11.8 Å². The normalized spacial score (nSPS) is 45.8. The molecular weight excluding hydrogens is 376 g/mol. The molecule has 0 bridgehead atoms. The molecule has 160 valence electrons. The van der Waals surface area contributed by atoms with Crippen molar-refractivity contribution in [3.8, 4) is 0 Å². The van der Waals surface area contributed by atoms with Gasteiger partial charge in [0.1, 0.15) is 24.4 Å². The van der Waals surface area contributed by atoms with Crippen molar-refractivity contribution >= 4 is 5.97 Å². The van der Waals surface area contributed by atoms with Crippen LogP contribution in [0.25, 0.3) is 0 Å². The molecule has 3 aliphatic rings. The van der Waals surface area contributed by atoms with E-state index in [4.69, 9.17) is 18.9 Å². The predicted molar refractivity (Wildman–Crippen MR) is 91.2 cm³/mol. The van der Waals surface area contributed by atoms with Crippen molar-refractivity contribution in [2.24, 2.45) is 17.8 Å². The fourth-order valence-electron chi connectivity index (χ4n) is 4.19. The van der Waals surface area contributed by atoms with E-state index in [1.54, 1.807) is 13.8 Å². The molecule has 0 aromatic heterocycles. The molecular formula is C18H28O10. The molecule has 1 saturated carbocycles. The van der Waals surface area contributed by atoms with E-state index in [1.807, 2.05) is 0 Å². The molecule has 0 amide bonds. The third kappa shape index (κ3) is 3.78. The highest BCUT2D eigenvalue weighted by Crippen LogP contribution is 2.47. The standard InChI is InChI=1S/C18H28O10/c1-3-25-16(24)9-6-26-17(12-7(2)10(20)4-8(9)12)28-18-15(23)14(22)13(21)11(5-19)27-18/h6-8,10-15,17-23H,3-5H2,1-2H3. The minimum Gasteiger partial charge on any atom is -0.472 e. The molecule has 0 radical (unpaired) electrons. The molecule has 1 aliphatic carbocycles. The summed E-state index contributed by atoms with van der Waals surface area (Å²) in [5, 5.41) is 49.6. The zero-order valence-corrected chi connectivity index (χ0v) is 15.7. The third-order valence-electron chi connectivity index (χ3n) is 5.84. The Labute approximate surface area is 162 Å². The molecule has 10 atom stereocenters. The number of rotatable bonds is 5. The number of hydrogen-bond donors (Lipinski definition) is 5. The molecule has 10 heteroatoms. The van der Waals surface area contributed by atoms with Crippen LogP contribution in [0.1, 0.15) is 20.3 Å². The average Bonchev–Trinajstić information content (AvgIpc) is 2.97. The lowest BCUT2D eigenvalue weighted by Gasteiger charge is -2.43. The molecule has 28 heavy (non-hydrogen) atoms. The maximum atomic E-state index is 12.2. The lowest BCUT2D eigenvalue weighted by atomic mass is 9.83. The zero-order valence-electron chi connectivity index (χ0n) is 15.7. The van der Waals surface area contributed by atoms with Crippen LogP contribution in [-0.4, -0.2) is 87.8 Å². The van der Waals surface area contributed by atoms with Crippen molar-refractivity contribution in [2.45, 2.75) is 63.4 Å². The van der Waals surface area contributed by atoms with E-state index in [9.17, 15) is 30.3 Å². The molecule has 5 N–H and O–H groups in total. The number of carbonyl (C=O) groups is 1. The molecule has 10 unspecified atom stereocenters. The van der Waals surface area contributed by atoms with E-state index in [2.05, 4.69) is 0 Å². The van der Waals surface area contributed by atoms with Crippen LogP contribution in [0.2, 0.25) is 0 Å². The van der Waals surface area contributed by atoms with Crippen LogP contribution >= 0.6 is 0 Å². The molecule has 1 saturated heterocycles. The topological polar surface area (TPSA) is 155 Å². The summed E-state index contributed by atoms with van der Waals surface area (Å²) in [5.41, 5.74) is 0.309. The first-order valence-corrected chi connectivity index (χ1v) is 9.46. The quantitative estimate of drug-likeness (QED) is 0.333. The Morgan fingerprint density at radius 3 is 2.54 bits per heavy atom. The van der Waals surface area contributed by atoms with Crippen molar-refractivity contribution in [1.82, 2.24) is 0 Å². The van der Waals surface area contributed by atoms with Crippen molar-refractivity contribution in [2.75, 3.05) is 13.2 Å². The average molecular weight is 404 g/mol. The van der Waals surface area contributed by atoms with Gasteiger partial charge in [-0.1, -0.05) is 6.92 Å². The molecule has 2 fully saturated rings. The summed E-state index contributed by atoms with van der Waals surface area (Å²) in [7, 11) is 0. The van der Waals surface area contributed by atoms with E-state index in [0.717, 1.165) is 0 Å². The molecule has 3 rings (SSSR count). The summed E-state index contributed by atoms with van der Waals surface area (Å²) in [6.45, 7) is 3.12. The van der Waals surface area contributed by atoms with Gasteiger partial charge in [-0.15, -0.1) is 0 Å². The van der Waals surface area contributed by atoms with Gasteiger partial charge in [0.05, 0.1) is 31.2 Å². The smallest absolute Gasteiger partial charge is 0.337 e. The summed E-state index contributed by atoms with van der Waals surface area (Å²) in [6, 6.07) is 0. The lowest BCUT2D eigenvalue weighted by molar-refractivity contribution is -0.342. The van der Waals surface area contributed by atoms with Crippen LogP contribution < -0.4 is 0 Å². The SMILES string of the molecule is CCOC(=O)C1=COC(OC2OC(CO)C(O)C(O)C2O)C2C1CC(O)C2C. The van der Waals surface area contributed by atoms with Crippen LogP contribution in [0.4, 0.5) is 0 Å². The van der Waals surface area contributed by atoms with Gasteiger partial charge in [0, 0.05) is 11.8 Å². The zero-order chi connectivity index (χ0) is 20.6. The highest BCUT2D eigenvalue weighted by atomic mass is 16.8. The Balaban J connectivity index is 1.79. The van der Waals surface area contributed by atoms with Crippen LogP contribution in [0.3, 0.4) is 0 Å². The second kappa shape index (κ2) is 8.62. The summed E-state index contributed by atoms with van der Waals surface area (Å²) in [4.78, 5) is 12.2. The Morgan fingerprint density at radius 1 is 1.18 bits per heavy atom. The van der Waals surface area contributed by atoms with E-state index in [-0.39, 0.29) is 18.4 Å². The second-order valence-electron chi connectivity index (χ2n) is 7.48. The minimum absolute atomic E-state index is 0.205. The lowest BCUT2D eigenvalue weighted by Crippen LogP contribution is -2.60. The highest BCUT2D eigenvalue weighted by Gasteiger charge is 2.53. The van der Waals surface area contributed by atoms with E-state index in [0.29, 0.717) is 12.0 Å². The molecule has 2 aliphatic heterocycles. The number of fused-ring (bicyclic) bond motifs is 1. The third-order valence-corrected chi connectivity index (χ3v) is 5.84. The van der Waals surface area contributed by atoms with Gasteiger partial charge in [-0.3, -0.25) is 0 Å². The summed E-state index contributed by atoms with van der Waals surface area (Å²) < 4.78 is 21.7. The molecule has 0 aromatic carbocycles. The first-order valence-electron chi connectivity index (χ1n) is 9.46. The maximum Gasteiger partial charge on any atom is 0.337 e. The molecule has 0 aromatic rings. The molecule has 2 heterocycles. The molecule has 10 nitrogen and oxygen atoms in total.